The highest BCUT2D eigenvalue weighted by Crippen LogP contribution is 2.27. The van der Waals surface area contributed by atoms with Crippen LogP contribution >= 0.6 is 0 Å². The molecule has 0 saturated carbocycles. The van der Waals surface area contributed by atoms with Crippen molar-refractivity contribution in [3.8, 4) is 5.75 Å². The maximum Gasteiger partial charge on any atom is 0.124 e. The molecular formula is C17H24N2O. The number of likely N-dealkylation sites (N-methyl/N-ethyl adjacent to an activating group) is 1. The highest BCUT2D eigenvalue weighted by Gasteiger charge is 2.07. The van der Waals surface area contributed by atoms with E-state index in [0.29, 0.717) is 13.2 Å². The van der Waals surface area contributed by atoms with Gasteiger partial charge < -0.3 is 15.4 Å². The number of nitrogens with zero attached hydrogens (tertiary/aromatic N) is 1. The Hall–Kier alpha value is -1.58. The van der Waals surface area contributed by atoms with Crippen LogP contribution in [0.5, 0.6) is 5.75 Å². The van der Waals surface area contributed by atoms with Crippen molar-refractivity contribution in [3.05, 3.63) is 42.0 Å². The number of hydrogen-bond acceptors (Lipinski definition) is 3. The minimum absolute atomic E-state index is 0.502. The molecule has 0 fully saturated rings. The summed E-state index contributed by atoms with van der Waals surface area (Å²) in [5.41, 5.74) is 7.01. The second-order valence-corrected chi connectivity index (χ2v) is 4.84. The smallest absolute Gasteiger partial charge is 0.124 e. The molecule has 3 heteroatoms. The molecule has 108 valence electrons. The van der Waals surface area contributed by atoms with Crippen LogP contribution in [0.15, 0.2) is 36.4 Å². The lowest BCUT2D eigenvalue weighted by Gasteiger charge is -2.19. The Kier molecular flexibility index (Phi) is 5.39. The number of rotatable bonds is 7. The van der Waals surface area contributed by atoms with E-state index in [-0.39, 0.29) is 0 Å². The zero-order valence-electron chi connectivity index (χ0n) is 12.4. The van der Waals surface area contributed by atoms with Crippen LogP contribution in [0.25, 0.3) is 10.8 Å². The van der Waals surface area contributed by atoms with Gasteiger partial charge in [0.1, 0.15) is 12.4 Å². The average molecular weight is 272 g/mol. The van der Waals surface area contributed by atoms with Gasteiger partial charge in [-0.05, 0) is 29.9 Å². The van der Waals surface area contributed by atoms with Gasteiger partial charge in [0.2, 0.25) is 0 Å². The predicted octanol–water partition coefficient (Wildman–Crippen LogP) is 3.02. The van der Waals surface area contributed by atoms with E-state index in [0.717, 1.165) is 30.9 Å². The van der Waals surface area contributed by atoms with Gasteiger partial charge in [-0.3, -0.25) is 0 Å². The summed E-state index contributed by atoms with van der Waals surface area (Å²) in [4.78, 5) is 2.35. The monoisotopic (exact) mass is 272 g/mol. The lowest BCUT2D eigenvalue weighted by atomic mass is 10.0. The Morgan fingerprint density at radius 3 is 2.50 bits per heavy atom. The van der Waals surface area contributed by atoms with Gasteiger partial charge in [-0.25, -0.2) is 0 Å². The molecule has 0 bridgehead atoms. The zero-order valence-corrected chi connectivity index (χ0v) is 12.4. The maximum atomic E-state index is 5.95. The summed E-state index contributed by atoms with van der Waals surface area (Å²) in [6, 6.07) is 12.4. The van der Waals surface area contributed by atoms with E-state index in [2.05, 4.69) is 36.9 Å². The summed E-state index contributed by atoms with van der Waals surface area (Å²) in [5, 5.41) is 2.40. The Morgan fingerprint density at radius 2 is 1.80 bits per heavy atom. The second kappa shape index (κ2) is 7.27. The van der Waals surface area contributed by atoms with Crippen LogP contribution in [0.2, 0.25) is 0 Å². The van der Waals surface area contributed by atoms with Gasteiger partial charge in [0, 0.05) is 18.7 Å². The molecule has 2 N–H and O–H groups in total. The first kappa shape index (κ1) is 14.8. The van der Waals surface area contributed by atoms with Gasteiger partial charge in [-0.1, -0.05) is 44.2 Å². The number of ether oxygens (including phenoxy) is 1. The van der Waals surface area contributed by atoms with Gasteiger partial charge in [-0.2, -0.15) is 0 Å². The molecule has 0 aliphatic rings. The molecule has 0 unspecified atom stereocenters. The van der Waals surface area contributed by atoms with Gasteiger partial charge in [0.25, 0.3) is 0 Å². The largest absolute Gasteiger partial charge is 0.492 e. The van der Waals surface area contributed by atoms with Crippen LogP contribution in [-0.2, 0) is 6.54 Å². The number of hydrogen-bond donors (Lipinski definition) is 1. The van der Waals surface area contributed by atoms with Crippen LogP contribution in [0.1, 0.15) is 19.4 Å². The first-order chi connectivity index (χ1) is 9.80. The number of fused-ring (bicyclic) bond motifs is 1. The molecule has 0 radical (unpaired) electrons. The molecule has 2 aromatic rings. The number of benzene rings is 2. The Labute approximate surface area is 121 Å². The summed E-state index contributed by atoms with van der Waals surface area (Å²) in [7, 11) is 0. The summed E-state index contributed by atoms with van der Waals surface area (Å²) >= 11 is 0. The summed E-state index contributed by atoms with van der Waals surface area (Å²) in [6.45, 7) is 8.61. The quantitative estimate of drug-likeness (QED) is 0.842. The third-order valence-corrected chi connectivity index (χ3v) is 3.76. The summed E-state index contributed by atoms with van der Waals surface area (Å²) < 4.78 is 5.95. The SMILES string of the molecule is CCN(CC)CCOc1ccc2ccccc2c1CN. The van der Waals surface area contributed by atoms with Crippen LogP contribution in [0.3, 0.4) is 0 Å². The van der Waals surface area contributed by atoms with Crippen molar-refractivity contribution in [2.24, 2.45) is 5.73 Å². The molecule has 0 aliphatic heterocycles. The van der Waals surface area contributed by atoms with E-state index in [1.165, 1.54) is 10.8 Å². The third kappa shape index (κ3) is 3.30. The van der Waals surface area contributed by atoms with Crippen molar-refractivity contribution in [1.82, 2.24) is 4.90 Å². The molecule has 3 nitrogen and oxygen atoms in total. The normalized spacial score (nSPS) is 11.2. The fourth-order valence-corrected chi connectivity index (χ4v) is 2.49. The van der Waals surface area contributed by atoms with Gasteiger partial charge in [0.15, 0.2) is 0 Å². The second-order valence-electron chi connectivity index (χ2n) is 4.84. The van der Waals surface area contributed by atoms with Crippen LogP contribution < -0.4 is 10.5 Å². The lowest BCUT2D eigenvalue weighted by molar-refractivity contribution is 0.222. The molecule has 0 aromatic heterocycles. The molecular weight excluding hydrogens is 248 g/mol. The first-order valence-electron chi connectivity index (χ1n) is 7.36. The van der Waals surface area contributed by atoms with E-state index in [1.54, 1.807) is 0 Å². The van der Waals surface area contributed by atoms with Crippen molar-refractivity contribution in [2.75, 3.05) is 26.2 Å². The third-order valence-electron chi connectivity index (χ3n) is 3.76. The molecule has 0 spiro atoms. The van der Waals surface area contributed by atoms with Gasteiger partial charge in [0.05, 0.1) is 0 Å². The van der Waals surface area contributed by atoms with Crippen molar-refractivity contribution in [3.63, 3.8) is 0 Å². The van der Waals surface area contributed by atoms with Crippen molar-refractivity contribution in [1.29, 1.82) is 0 Å². The van der Waals surface area contributed by atoms with E-state index < -0.39 is 0 Å². The standard InChI is InChI=1S/C17H24N2O/c1-3-19(4-2)11-12-20-17-10-9-14-7-5-6-8-15(14)16(17)13-18/h5-10H,3-4,11-13,18H2,1-2H3. The topological polar surface area (TPSA) is 38.5 Å². The minimum atomic E-state index is 0.502. The van der Waals surface area contributed by atoms with Crippen LogP contribution in [0, 0.1) is 0 Å². The lowest BCUT2D eigenvalue weighted by Crippen LogP contribution is -2.28. The Bertz CT molecular complexity index is 550. The van der Waals surface area contributed by atoms with E-state index in [1.807, 2.05) is 18.2 Å². The molecule has 20 heavy (non-hydrogen) atoms. The van der Waals surface area contributed by atoms with E-state index >= 15 is 0 Å². The maximum absolute atomic E-state index is 5.95. The summed E-state index contributed by atoms with van der Waals surface area (Å²) in [5.74, 6) is 0.915. The van der Waals surface area contributed by atoms with Crippen molar-refractivity contribution in [2.45, 2.75) is 20.4 Å². The summed E-state index contributed by atoms with van der Waals surface area (Å²) in [6.07, 6.45) is 0. The fraction of sp³-hybridized carbons (Fsp3) is 0.412. The molecule has 2 rings (SSSR count). The van der Waals surface area contributed by atoms with Crippen LogP contribution in [0.4, 0.5) is 0 Å². The van der Waals surface area contributed by atoms with Gasteiger partial charge >= 0.3 is 0 Å². The number of nitrogens with two attached hydrogens (primary N) is 1. The van der Waals surface area contributed by atoms with Crippen molar-refractivity contribution < 1.29 is 4.74 Å². The molecule has 0 aliphatic carbocycles. The van der Waals surface area contributed by atoms with Crippen molar-refractivity contribution >= 4 is 10.8 Å². The zero-order chi connectivity index (χ0) is 14.4. The molecule has 2 aromatic carbocycles. The highest BCUT2D eigenvalue weighted by molar-refractivity contribution is 5.87. The molecule has 0 amide bonds. The molecule has 0 heterocycles. The van der Waals surface area contributed by atoms with E-state index in [9.17, 15) is 0 Å². The highest BCUT2D eigenvalue weighted by atomic mass is 16.5. The Morgan fingerprint density at radius 1 is 1.05 bits per heavy atom. The fourth-order valence-electron chi connectivity index (χ4n) is 2.49. The Balaban J connectivity index is 2.13. The predicted molar refractivity (Wildman–Crippen MR) is 85.1 cm³/mol. The van der Waals surface area contributed by atoms with Crippen LogP contribution in [-0.4, -0.2) is 31.1 Å². The average Bonchev–Trinajstić information content (AvgIpc) is 2.51. The molecule has 0 atom stereocenters. The van der Waals surface area contributed by atoms with E-state index in [4.69, 9.17) is 10.5 Å². The molecule has 0 saturated heterocycles. The first-order valence-corrected chi connectivity index (χ1v) is 7.36. The van der Waals surface area contributed by atoms with Gasteiger partial charge in [-0.15, -0.1) is 0 Å². The minimum Gasteiger partial charge on any atom is -0.492 e.